The third-order valence-corrected chi connectivity index (χ3v) is 4.86. The Kier molecular flexibility index (Phi) is 5.79. The van der Waals surface area contributed by atoms with Gasteiger partial charge in [-0.2, -0.15) is 0 Å². The number of hydrogen-bond donors (Lipinski definition) is 1. The summed E-state index contributed by atoms with van der Waals surface area (Å²) in [5.41, 5.74) is 2.07. The largest absolute Gasteiger partial charge is 0.480 e. The molecule has 6 nitrogen and oxygen atoms in total. The monoisotopic (exact) mass is 447 g/mol. The molecule has 2 aromatic carbocycles. The topological polar surface area (TPSA) is 75.4 Å². The van der Waals surface area contributed by atoms with E-state index >= 15 is 0 Å². The van der Waals surface area contributed by atoms with Crippen LogP contribution in [-0.4, -0.2) is 38.0 Å². The number of imidazole rings is 1. The standard InChI is InChI=1S/C20H19BrFN3O3/c1-12(2)25-11-23-17-7-13(4-6-18(17)25)20(28)24(10-19(26)27)9-14-3-5-15(21)8-16(14)22/h3-8,11-12H,9-10H2,1-2H3,(H,26,27). The molecule has 0 saturated heterocycles. The average Bonchev–Trinajstić information content (AvgIpc) is 3.05. The van der Waals surface area contributed by atoms with E-state index in [0.717, 1.165) is 10.4 Å². The first kappa shape index (κ1) is 20.0. The van der Waals surface area contributed by atoms with Crippen LogP contribution < -0.4 is 0 Å². The number of fused-ring (bicyclic) bond motifs is 1. The van der Waals surface area contributed by atoms with Gasteiger partial charge in [0.15, 0.2) is 0 Å². The molecule has 1 amide bonds. The molecule has 1 aromatic heterocycles. The molecule has 1 N–H and O–H groups in total. The second-order valence-electron chi connectivity index (χ2n) is 6.74. The maximum Gasteiger partial charge on any atom is 0.323 e. The van der Waals surface area contributed by atoms with Crippen LogP contribution in [0.3, 0.4) is 0 Å². The van der Waals surface area contributed by atoms with Crippen LogP contribution in [0.2, 0.25) is 0 Å². The quantitative estimate of drug-likeness (QED) is 0.612. The number of carboxylic acid groups (broad SMARTS) is 1. The lowest BCUT2D eigenvalue weighted by molar-refractivity contribution is -0.137. The van der Waals surface area contributed by atoms with Crippen molar-refractivity contribution in [3.05, 3.63) is 64.1 Å². The van der Waals surface area contributed by atoms with Crippen molar-refractivity contribution in [2.45, 2.75) is 26.4 Å². The summed E-state index contributed by atoms with van der Waals surface area (Å²) >= 11 is 3.18. The Labute approximate surface area is 169 Å². The lowest BCUT2D eigenvalue weighted by Gasteiger charge is -2.21. The number of carbonyl (C=O) groups excluding carboxylic acids is 1. The fourth-order valence-corrected chi connectivity index (χ4v) is 3.31. The van der Waals surface area contributed by atoms with E-state index in [1.807, 2.05) is 18.4 Å². The average molecular weight is 448 g/mol. The minimum absolute atomic E-state index is 0.150. The summed E-state index contributed by atoms with van der Waals surface area (Å²) in [6.07, 6.45) is 1.70. The summed E-state index contributed by atoms with van der Waals surface area (Å²) in [6, 6.07) is 9.72. The molecule has 1 heterocycles. The molecular formula is C20H19BrFN3O3. The van der Waals surface area contributed by atoms with Gasteiger partial charge in [-0.1, -0.05) is 22.0 Å². The van der Waals surface area contributed by atoms with Crippen molar-refractivity contribution in [3.63, 3.8) is 0 Å². The maximum absolute atomic E-state index is 14.2. The number of aromatic nitrogens is 2. The normalized spacial score (nSPS) is 11.2. The van der Waals surface area contributed by atoms with Crippen molar-refractivity contribution >= 4 is 38.8 Å². The van der Waals surface area contributed by atoms with Gasteiger partial charge in [0.1, 0.15) is 12.4 Å². The number of rotatable bonds is 6. The number of hydrogen-bond acceptors (Lipinski definition) is 3. The van der Waals surface area contributed by atoms with Crippen molar-refractivity contribution in [1.29, 1.82) is 0 Å². The van der Waals surface area contributed by atoms with E-state index in [9.17, 15) is 19.1 Å². The molecule has 3 aromatic rings. The third-order valence-electron chi connectivity index (χ3n) is 4.37. The third kappa shape index (κ3) is 4.22. The van der Waals surface area contributed by atoms with Gasteiger partial charge in [-0.25, -0.2) is 9.37 Å². The smallest absolute Gasteiger partial charge is 0.323 e. The lowest BCUT2D eigenvalue weighted by Crippen LogP contribution is -2.35. The van der Waals surface area contributed by atoms with Crippen LogP contribution >= 0.6 is 15.9 Å². The lowest BCUT2D eigenvalue weighted by atomic mass is 10.1. The summed E-state index contributed by atoms with van der Waals surface area (Å²) in [7, 11) is 0. The van der Waals surface area contributed by atoms with Crippen molar-refractivity contribution in [1.82, 2.24) is 14.5 Å². The highest BCUT2D eigenvalue weighted by Gasteiger charge is 2.21. The molecule has 0 atom stereocenters. The summed E-state index contributed by atoms with van der Waals surface area (Å²) in [5, 5.41) is 9.20. The molecule has 0 aliphatic rings. The second-order valence-corrected chi connectivity index (χ2v) is 7.66. The predicted molar refractivity (Wildman–Crippen MR) is 107 cm³/mol. The first-order chi connectivity index (χ1) is 13.3. The Morgan fingerprint density at radius 3 is 2.64 bits per heavy atom. The number of amides is 1. The fourth-order valence-electron chi connectivity index (χ4n) is 2.98. The van der Waals surface area contributed by atoms with Gasteiger partial charge in [0.25, 0.3) is 5.91 Å². The van der Waals surface area contributed by atoms with Crippen LogP contribution in [0.5, 0.6) is 0 Å². The first-order valence-electron chi connectivity index (χ1n) is 8.68. The van der Waals surface area contributed by atoms with Crippen molar-refractivity contribution in [3.8, 4) is 0 Å². The van der Waals surface area contributed by atoms with Gasteiger partial charge in [-0.15, -0.1) is 0 Å². The Morgan fingerprint density at radius 1 is 1.25 bits per heavy atom. The van der Waals surface area contributed by atoms with Crippen LogP contribution in [0.25, 0.3) is 11.0 Å². The highest BCUT2D eigenvalue weighted by atomic mass is 79.9. The molecule has 3 rings (SSSR count). The number of carbonyl (C=O) groups is 2. The van der Waals surface area contributed by atoms with Crippen molar-refractivity contribution in [2.24, 2.45) is 0 Å². The summed E-state index contributed by atoms with van der Waals surface area (Å²) in [4.78, 5) is 29.6. The van der Waals surface area contributed by atoms with E-state index in [1.54, 1.807) is 30.6 Å². The van der Waals surface area contributed by atoms with Gasteiger partial charge in [-0.05, 0) is 44.2 Å². The number of benzene rings is 2. The molecule has 0 radical (unpaired) electrons. The Hall–Kier alpha value is -2.74. The summed E-state index contributed by atoms with van der Waals surface area (Å²) in [5.74, 6) is -2.18. The molecule has 28 heavy (non-hydrogen) atoms. The zero-order valence-electron chi connectivity index (χ0n) is 15.4. The molecule has 0 aliphatic heterocycles. The zero-order chi connectivity index (χ0) is 20.4. The van der Waals surface area contributed by atoms with Crippen molar-refractivity contribution < 1.29 is 19.1 Å². The van der Waals surface area contributed by atoms with E-state index in [0.29, 0.717) is 15.6 Å². The minimum Gasteiger partial charge on any atom is -0.480 e. The van der Waals surface area contributed by atoms with Gasteiger partial charge in [0.05, 0.1) is 17.4 Å². The predicted octanol–water partition coefficient (Wildman–Crippen LogP) is 4.25. The molecule has 0 spiro atoms. The minimum atomic E-state index is -1.17. The molecule has 146 valence electrons. The van der Waals surface area contributed by atoms with E-state index in [4.69, 9.17) is 0 Å². The summed E-state index contributed by atoms with van der Waals surface area (Å²) < 4.78 is 16.7. The Bertz CT molecular complexity index is 1050. The number of nitrogens with zero attached hydrogens (tertiary/aromatic N) is 3. The maximum atomic E-state index is 14.2. The second kappa shape index (κ2) is 8.10. The molecule has 0 unspecified atom stereocenters. The van der Waals surface area contributed by atoms with Gasteiger partial charge in [-0.3, -0.25) is 9.59 Å². The number of halogens is 2. The SMILES string of the molecule is CC(C)n1cnc2cc(C(=O)N(CC(=O)O)Cc3ccc(Br)cc3F)ccc21. The number of aliphatic carboxylic acids is 1. The molecular weight excluding hydrogens is 429 g/mol. The zero-order valence-corrected chi connectivity index (χ0v) is 17.0. The van der Waals surface area contributed by atoms with E-state index in [2.05, 4.69) is 20.9 Å². The van der Waals surface area contributed by atoms with Crippen molar-refractivity contribution in [2.75, 3.05) is 6.54 Å². The number of carboxylic acids is 1. The highest BCUT2D eigenvalue weighted by molar-refractivity contribution is 9.10. The van der Waals surface area contributed by atoms with E-state index < -0.39 is 24.2 Å². The van der Waals surface area contributed by atoms with Crippen LogP contribution in [0, 0.1) is 5.82 Å². The summed E-state index contributed by atoms with van der Waals surface area (Å²) in [6.45, 7) is 3.37. The van der Waals surface area contributed by atoms with Gasteiger partial charge >= 0.3 is 5.97 Å². The van der Waals surface area contributed by atoms with Gasteiger partial charge < -0.3 is 14.6 Å². The van der Waals surface area contributed by atoms with E-state index in [1.165, 1.54) is 12.1 Å². The fraction of sp³-hybridized carbons (Fsp3) is 0.250. The van der Waals surface area contributed by atoms with Crippen LogP contribution in [0.1, 0.15) is 35.8 Å². The van der Waals surface area contributed by atoms with Crippen LogP contribution in [0.4, 0.5) is 4.39 Å². The highest BCUT2D eigenvalue weighted by Crippen LogP contribution is 2.21. The first-order valence-corrected chi connectivity index (χ1v) is 9.47. The Morgan fingerprint density at radius 2 is 2.00 bits per heavy atom. The van der Waals surface area contributed by atoms with E-state index in [-0.39, 0.29) is 18.2 Å². The Balaban J connectivity index is 1.92. The molecule has 0 fully saturated rings. The molecule has 0 bridgehead atoms. The molecule has 0 saturated carbocycles. The molecule has 8 heteroatoms. The van der Waals surface area contributed by atoms with Crippen LogP contribution in [0.15, 0.2) is 47.2 Å². The molecule has 0 aliphatic carbocycles. The van der Waals surface area contributed by atoms with Gasteiger partial charge in [0.2, 0.25) is 0 Å². The van der Waals surface area contributed by atoms with Crippen LogP contribution in [-0.2, 0) is 11.3 Å². The van der Waals surface area contributed by atoms with Gasteiger partial charge in [0, 0.05) is 28.2 Å².